The van der Waals surface area contributed by atoms with E-state index in [0.717, 1.165) is 11.1 Å². The second-order valence-corrected chi connectivity index (χ2v) is 6.42. The first-order valence-corrected chi connectivity index (χ1v) is 7.35. The Hall–Kier alpha value is -1.34. The van der Waals surface area contributed by atoms with Crippen LogP contribution in [-0.4, -0.2) is 60.9 Å². The molecule has 0 aromatic heterocycles. The van der Waals surface area contributed by atoms with Gasteiger partial charge in [0.05, 0.1) is 13.2 Å². The highest BCUT2D eigenvalue weighted by molar-refractivity contribution is 5.50. The Morgan fingerprint density at radius 3 is 2.55 bits per heavy atom. The average molecular weight is 309 g/mol. The molecule has 22 heavy (non-hydrogen) atoms. The zero-order chi connectivity index (χ0) is 16.2. The lowest BCUT2D eigenvalue weighted by Gasteiger charge is -2.53. The zero-order valence-electron chi connectivity index (χ0n) is 13.5. The summed E-state index contributed by atoms with van der Waals surface area (Å²) in [7, 11) is 5.24. The van der Waals surface area contributed by atoms with E-state index in [-0.39, 0.29) is 0 Å². The fraction of sp³-hybridized carbons (Fsp3) is 0.625. The summed E-state index contributed by atoms with van der Waals surface area (Å²) in [5, 5.41) is 21.3. The van der Waals surface area contributed by atoms with Gasteiger partial charge >= 0.3 is 0 Å². The molecule has 1 fully saturated rings. The lowest BCUT2D eigenvalue weighted by atomic mass is 9.79. The van der Waals surface area contributed by atoms with Crippen molar-refractivity contribution in [2.75, 3.05) is 21.2 Å². The molecular weight excluding hydrogens is 286 g/mol. The van der Waals surface area contributed by atoms with E-state index in [1.807, 2.05) is 40.1 Å². The second-order valence-electron chi connectivity index (χ2n) is 6.42. The Morgan fingerprint density at radius 1 is 1.27 bits per heavy atom. The predicted molar refractivity (Wildman–Crippen MR) is 80.1 cm³/mol. The number of hydrogen-bond acceptors (Lipinski definition) is 6. The minimum atomic E-state index is -0.965. The van der Waals surface area contributed by atoms with Crippen LogP contribution < -0.4 is 9.47 Å². The van der Waals surface area contributed by atoms with E-state index in [1.54, 1.807) is 12.0 Å². The lowest BCUT2D eigenvalue weighted by Crippen LogP contribution is -2.68. The largest absolute Gasteiger partial charge is 0.496 e. The van der Waals surface area contributed by atoms with Gasteiger partial charge in [0.1, 0.15) is 29.3 Å². The van der Waals surface area contributed by atoms with Gasteiger partial charge in [0, 0.05) is 5.56 Å². The van der Waals surface area contributed by atoms with Crippen molar-refractivity contribution in [3.05, 3.63) is 23.3 Å². The van der Waals surface area contributed by atoms with Crippen LogP contribution in [0, 0.1) is 6.92 Å². The molecule has 2 aliphatic rings. The Bertz CT molecular complexity index is 590. The summed E-state index contributed by atoms with van der Waals surface area (Å²) in [5.41, 5.74) is 0.698. The van der Waals surface area contributed by atoms with E-state index in [2.05, 4.69) is 0 Å². The number of aliphatic hydroxyl groups excluding tert-OH is 2. The molecule has 0 saturated carbocycles. The highest BCUT2D eigenvalue weighted by Crippen LogP contribution is 2.49. The summed E-state index contributed by atoms with van der Waals surface area (Å²) >= 11 is 0. The van der Waals surface area contributed by atoms with E-state index in [0.29, 0.717) is 11.5 Å². The second kappa shape index (κ2) is 5.09. The molecule has 2 heterocycles. The van der Waals surface area contributed by atoms with E-state index in [4.69, 9.17) is 14.2 Å². The molecule has 6 nitrogen and oxygen atoms in total. The number of aliphatic hydroxyl groups is 2. The predicted octanol–water partition coefficient (Wildman–Crippen LogP) is 0.620. The molecular formula is C16H23NO5. The van der Waals surface area contributed by atoms with Crippen molar-refractivity contribution in [2.45, 2.75) is 44.0 Å². The molecule has 5 atom stereocenters. The molecule has 0 radical (unpaired) electrons. The molecule has 0 aliphatic carbocycles. The van der Waals surface area contributed by atoms with Crippen molar-refractivity contribution < 1.29 is 24.4 Å². The molecule has 0 unspecified atom stereocenters. The summed E-state index contributed by atoms with van der Waals surface area (Å²) in [6, 6.07) is 3.22. The Morgan fingerprint density at radius 2 is 1.95 bits per heavy atom. The van der Waals surface area contributed by atoms with Gasteiger partial charge in [-0.15, -0.1) is 0 Å². The summed E-state index contributed by atoms with van der Waals surface area (Å²) in [5.74, 6) is 1.33. The van der Waals surface area contributed by atoms with Gasteiger partial charge < -0.3 is 29.3 Å². The van der Waals surface area contributed by atoms with Crippen molar-refractivity contribution in [3.8, 4) is 11.5 Å². The van der Waals surface area contributed by atoms with Crippen LogP contribution in [0.3, 0.4) is 0 Å². The Kier molecular flexibility index (Phi) is 3.60. The van der Waals surface area contributed by atoms with E-state index in [9.17, 15) is 10.2 Å². The topological polar surface area (TPSA) is 71.4 Å². The van der Waals surface area contributed by atoms with Crippen molar-refractivity contribution in [3.63, 3.8) is 0 Å². The first kappa shape index (κ1) is 15.6. The third-order valence-electron chi connectivity index (χ3n) is 4.75. The quantitative estimate of drug-likeness (QED) is 0.834. The van der Waals surface area contributed by atoms with Crippen LogP contribution in [0.25, 0.3) is 0 Å². The summed E-state index contributed by atoms with van der Waals surface area (Å²) in [6.45, 7) is 3.74. The monoisotopic (exact) mass is 309 g/mol. The van der Waals surface area contributed by atoms with Gasteiger partial charge in [0.2, 0.25) is 6.29 Å². The molecule has 3 rings (SSSR count). The Balaban J connectivity index is 2.15. The number of likely N-dealkylation sites (N-methyl/N-ethyl adjacent to an activating group) is 1. The standard InChI is InChI=1S/C16H23NO5/c1-8-6-11-9(7-10(8)20-5)16(2)14(19)12(17(3)4)13(18)15(21-11)22-16/h6-7,12-15,18-19H,1-5H3/t12-,13-,14+,15-,16-/m0/s1. The highest BCUT2D eigenvalue weighted by atomic mass is 16.7. The molecule has 122 valence electrons. The number of ether oxygens (including phenoxy) is 3. The van der Waals surface area contributed by atoms with Crippen LogP contribution in [0.4, 0.5) is 0 Å². The molecule has 2 bridgehead atoms. The molecule has 1 aromatic rings. The van der Waals surface area contributed by atoms with Crippen molar-refractivity contribution >= 4 is 0 Å². The van der Waals surface area contributed by atoms with Crippen LogP contribution in [0.1, 0.15) is 18.1 Å². The molecule has 0 amide bonds. The highest BCUT2D eigenvalue weighted by Gasteiger charge is 2.57. The number of methoxy groups -OCH3 is 1. The summed E-state index contributed by atoms with van der Waals surface area (Å²) in [4.78, 5) is 1.79. The van der Waals surface area contributed by atoms with E-state index < -0.39 is 30.1 Å². The number of benzene rings is 1. The van der Waals surface area contributed by atoms with Gasteiger partial charge in [-0.1, -0.05) is 0 Å². The first-order chi connectivity index (χ1) is 10.3. The molecule has 2 aliphatic heterocycles. The number of aryl methyl sites for hydroxylation is 1. The van der Waals surface area contributed by atoms with Crippen molar-refractivity contribution in [1.82, 2.24) is 4.90 Å². The molecule has 1 aromatic carbocycles. The van der Waals surface area contributed by atoms with Crippen LogP contribution in [0.2, 0.25) is 0 Å². The molecule has 1 saturated heterocycles. The fourth-order valence-corrected chi connectivity index (χ4v) is 3.45. The minimum Gasteiger partial charge on any atom is -0.496 e. The van der Waals surface area contributed by atoms with Crippen LogP contribution in [-0.2, 0) is 10.3 Å². The smallest absolute Gasteiger partial charge is 0.228 e. The van der Waals surface area contributed by atoms with Crippen LogP contribution in [0.15, 0.2) is 12.1 Å². The summed E-state index contributed by atoms with van der Waals surface area (Å²) < 4.78 is 17.1. The number of nitrogens with zero attached hydrogens (tertiary/aromatic N) is 1. The van der Waals surface area contributed by atoms with E-state index >= 15 is 0 Å². The average Bonchev–Trinajstić information content (AvgIpc) is 2.44. The fourth-order valence-electron chi connectivity index (χ4n) is 3.45. The van der Waals surface area contributed by atoms with Gasteiger partial charge in [0.15, 0.2) is 0 Å². The molecule has 2 N–H and O–H groups in total. The van der Waals surface area contributed by atoms with Gasteiger partial charge in [0.25, 0.3) is 0 Å². The van der Waals surface area contributed by atoms with Crippen LogP contribution in [0.5, 0.6) is 11.5 Å². The van der Waals surface area contributed by atoms with Crippen LogP contribution >= 0.6 is 0 Å². The summed E-state index contributed by atoms with van der Waals surface area (Å²) in [6.07, 6.45) is -2.64. The van der Waals surface area contributed by atoms with Gasteiger partial charge in [-0.25, -0.2) is 0 Å². The van der Waals surface area contributed by atoms with Gasteiger partial charge in [-0.05, 0) is 45.6 Å². The van der Waals surface area contributed by atoms with Gasteiger partial charge in [-0.2, -0.15) is 0 Å². The lowest BCUT2D eigenvalue weighted by molar-refractivity contribution is -0.311. The molecule has 6 heteroatoms. The van der Waals surface area contributed by atoms with E-state index in [1.165, 1.54) is 0 Å². The SMILES string of the molecule is COc1cc2c(cc1C)O[C@H]1O[C@]2(C)[C@H](O)[C@@H](N(C)C)[C@@H]1O. The normalized spacial score (nSPS) is 36.7. The zero-order valence-corrected chi connectivity index (χ0v) is 13.5. The minimum absolute atomic E-state index is 0.482. The number of hydrogen-bond donors (Lipinski definition) is 2. The first-order valence-electron chi connectivity index (χ1n) is 7.35. The van der Waals surface area contributed by atoms with Crippen molar-refractivity contribution in [1.29, 1.82) is 0 Å². The molecule has 0 spiro atoms. The third kappa shape index (κ3) is 2.02. The number of rotatable bonds is 2. The van der Waals surface area contributed by atoms with Crippen molar-refractivity contribution in [2.24, 2.45) is 0 Å². The Labute approximate surface area is 130 Å². The maximum atomic E-state index is 10.8. The maximum Gasteiger partial charge on any atom is 0.228 e. The third-order valence-corrected chi connectivity index (χ3v) is 4.75. The van der Waals surface area contributed by atoms with Gasteiger partial charge in [-0.3, -0.25) is 0 Å². The number of fused-ring (bicyclic) bond motifs is 4. The maximum absolute atomic E-state index is 10.8.